The summed E-state index contributed by atoms with van der Waals surface area (Å²) in [5.41, 5.74) is 6.31. The predicted octanol–water partition coefficient (Wildman–Crippen LogP) is 2.25. The summed E-state index contributed by atoms with van der Waals surface area (Å²) in [6.07, 6.45) is 1.32. The van der Waals surface area contributed by atoms with Gasteiger partial charge in [-0.15, -0.1) is 0 Å². The molecule has 1 aromatic carbocycles. The number of amides is 1. The third kappa shape index (κ3) is 3.21. The fourth-order valence-corrected chi connectivity index (χ4v) is 4.39. The lowest BCUT2D eigenvalue weighted by Crippen LogP contribution is -2.40. The number of rotatable bonds is 3. The number of nitrogens with zero attached hydrogens (tertiary/aromatic N) is 3. The van der Waals surface area contributed by atoms with Crippen LogP contribution in [0.3, 0.4) is 0 Å². The second-order valence-electron chi connectivity index (χ2n) is 6.59. The molecule has 7 nitrogen and oxygen atoms in total. The van der Waals surface area contributed by atoms with Gasteiger partial charge in [-0.05, 0) is 30.3 Å². The summed E-state index contributed by atoms with van der Waals surface area (Å²) in [6.45, 7) is 0.722. The lowest BCUT2D eigenvalue weighted by molar-refractivity contribution is 0.102. The van der Waals surface area contributed by atoms with Crippen molar-refractivity contribution in [2.24, 2.45) is 16.6 Å². The molecule has 3 heterocycles. The number of hydrogen-bond donors (Lipinski definition) is 2. The summed E-state index contributed by atoms with van der Waals surface area (Å²) in [5, 5.41) is 11.9. The fourth-order valence-electron chi connectivity index (χ4n) is 3.42. The van der Waals surface area contributed by atoms with Crippen molar-refractivity contribution in [3.63, 3.8) is 0 Å². The van der Waals surface area contributed by atoms with E-state index in [9.17, 15) is 9.18 Å². The van der Waals surface area contributed by atoms with E-state index in [1.54, 1.807) is 6.07 Å². The van der Waals surface area contributed by atoms with Gasteiger partial charge in [0.1, 0.15) is 23.1 Å². The molecular weight excluding hydrogens is 381 g/mol. The Balaban J connectivity index is 1.65. The predicted molar refractivity (Wildman–Crippen MR) is 103 cm³/mol. The van der Waals surface area contributed by atoms with Crippen molar-refractivity contribution in [3.8, 4) is 6.07 Å². The lowest BCUT2D eigenvalue weighted by Gasteiger charge is -2.34. The van der Waals surface area contributed by atoms with Gasteiger partial charge in [-0.25, -0.2) is 14.4 Å². The number of nitrogens with one attached hydrogen (secondary N) is 1. The van der Waals surface area contributed by atoms with Crippen LogP contribution < -0.4 is 11.1 Å². The zero-order chi connectivity index (χ0) is 19.7. The topological polar surface area (TPSA) is 113 Å². The minimum absolute atomic E-state index is 0.00504. The SMILES string of the molecule is N#Cc1ccc(C(=O)Nc2ccc(F)c([C@]34COC[C@H]3CSC(N)=N4)c2)nc1. The number of anilines is 1. The maximum Gasteiger partial charge on any atom is 0.274 e. The number of fused-ring (bicyclic) bond motifs is 1. The van der Waals surface area contributed by atoms with Crippen molar-refractivity contribution in [3.05, 3.63) is 59.2 Å². The van der Waals surface area contributed by atoms with Gasteiger partial charge in [0.2, 0.25) is 0 Å². The molecule has 1 aromatic heterocycles. The van der Waals surface area contributed by atoms with Gasteiger partial charge in [0.25, 0.3) is 5.91 Å². The van der Waals surface area contributed by atoms with E-state index in [0.29, 0.717) is 34.3 Å². The average Bonchev–Trinajstić information content (AvgIpc) is 3.13. The van der Waals surface area contributed by atoms with Crippen molar-refractivity contribution in [2.45, 2.75) is 5.54 Å². The Morgan fingerprint density at radius 2 is 2.29 bits per heavy atom. The zero-order valence-corrected chi connectivity index (χ0v) is 15.5. The van der Waals surface area contributed by atoms with Crippen LogP contribution in [0.2, 0.25) is 0 Å². The van der Waals surface area contributed by atoms with Crippen LogP contribution in [-0.2, 0) is 10.3 Å². The molecule has 0 bridgehead atoms. The zero-order valence-electron chi connectivity index (χ0n) is 14.7. The van der Waals surface area contributed by atoms with Crippen LogP contribution in [0.4, 0.5) is 10.1 Å². The van der Waals surface area contributed by atoms with Gasteiger partial charge in [0.05, 0.1) is 18.8 Å². The molecule has 2 aliphatic heterocycles. The van der Waals surface area contributed by atoms with E-state index in [1.807, 2.05) is 6.07 Å². The molecule has 28 heavy (non-hydrogen) atoms. The van der Waals surface area contributed by atoms with Crippen LogP contribution >= 0.6 is 11.8 Å². The first-order valence-corrected chi connectivity index (χ1v) is 9.54. The van der Waals surface area contributed by atoms with E-state index in [1.165, 1.54) is 42.2 Å². The Bertz CT molecular complexity index is 1000. The van der Waals surface area contributed by atoms with Crippen molar-refractivity contribution in [1.29, 1.82) is 5.26 Å². The highest BCUT2D eigenvalue weighted by Crippen LogP contribution is 2.45. The average molecular weight is 397 g/mol. The second kappa shape index (κ2) is 7.22. The highest BCUT2D eigenvalue weighted by Gasteiger charge is 2.49. The summed E-state index contributed by atoms with van der Waals surface area (Å²) < 4.78 is 20.3. The minimum atomic E-state index is -0.882. The van der Waals surface area contributed by atoms with Gasteiger partial charge < -0.3 is 15.8 Å². The molecule has 0 unspecified atom stereocenters. The molecule has 2 aromatic rings. The van der Waals surface area contributed by atoms with Crippen LogP contribution in [0.15, 0.2) is 41.5 Å². The largest absolute Gasteiger partial charge is 0.379 e. The van der Waals surface area contributed by atoms with Crippen molar-refractivity contribution < 1.29 is 13.9 Å². The number of nitrogens with two attached hydrogens (primary N) is 1. The number of amidine groups is 1. The normalized spacial score (nSPS) is 23.4. The van der Waals surface area contributed by atoms with Crippen LogP contribution in [0, 0.1) is 23.1 Å². The summed E-state index contributed by atoms with van der Waals surface area (Å²) in [7, 11) is 0. The molecule has 1 amide bonds. The Morgan fingerprint density at radius 3 is 3.04 bits per heavy atom. The lowest BCUT2D eigenvalue weighted by atomic mass is 9.81. The number of ether oxygens (including phenoxy) is 1. The molecule has 1 saturated heterocycles. The molecule has 0 saturated carbocycles. The third-order valence-electron chi connectivity index (χ3n) is 4.87. The van der Waals surface area contributed by atoms with Gasteiger partial charge in [-0.3, -0.25) is 4.79 Å². The van der Waals surface area contributed by atoms with Gasteiger partial charge in [-0.1, -0.05) is 11.8 Å². The fraction of sp³-hybridized carbons (Fsp3) is 0.263. The standard InChI is InChI=1S/C19H16FN5O2S/c20-15-3-2-13(24-17(26)16-4-1-11(6-21)7-23-16)5-14(15)19-10-27-8-12(19)9-28-18(22)25-19/h1-5,7,12H,8-10H2,(H2,22,25)(H,24,26)/t12-,19-/m0/s1. The maximum absolute atomic E-state index is 14.7. The summed E-state index contributed by atoms with van der Waals surface area (Å²) >= 11 is 1.43. The number of aromatic nitrogens is 1. The number of carbonyl (C=O) groups excluding carboxylic acids is 1. The van der Waals surface area contributed by atoms with E-state index in [2.05, 4.69) is 15.3 Å². The highest BCUT2D eigenvalue weighted by molar-refractivity contribution is 8.13. The summed E-state index contributed by atoms with van der Waals surface area (Å²) in [6, 6.07) is 9.27. The molecular formula is C19H16FN5O2S. The van der Waals surface area contributed by atoms with E-state index >= 15 is 0 Å². The van der Waals surface area contributed by atoms with Crippen molar-refractivity contribution in [1.82, 2.24) is 4.98 Å². The van der Waals surface area contributed by atoms with Crippen molar-refractivity contribution >= 4 is 28.5 Å². The van der Waals surface area contributed by atoms with Gasteiger partial charge >= 0.3 is 0 Å². The first kappa shape index (κ1) is 18.4. The number of thioether (sulfide) groups is 1. The minimum Gasteiger partial charge on any atom is -0.379 e. The van der Waals surface area contributed by atoms with Gasteiger partial charge in [-0.2, -0.15) is 5.26 Å². The third-order valence-corrected chi connectivity index (χ3v) is 5.83. The van der Waals surface area contributed by atoms with Crippen LogP contribution in [0.5, 0.6) is 0 Å². The smallest absolute Gasteiger partial charge is 0.274 e. The number of hydrogen-bond acceptors (Lipinski definition) is 7. The van der Waals surface area contributed by atoms with E-state index in [4.69, 9.17) is 15.7 Å². The second-order valence-corrected chi connectivity index (χ2v) is 7.63. The number of halogens is 1. The maximum atomic E-state index is 14.7. The number of nitriles is 1. The number of aliphatic imine (C=N–C) groups is 1. The molecule has 9 heteroatoms. The monoisotopic (exact) mass is 397 g/mol. The quantitative estimate of drug-likeness (QED) is 0.821. The van der Waals surface area contributed by atoms with E-state index in [-0.39, 0.29) is 18.2 Å². The van der Waals surface area contributed by atoms with Crippen LogP contribution in [0.1, 0.15) is 21.6 Å². The Hall–Kier alpha value is -2.96. The molecule has 2 aliphatic rings. The molecule has 0 radical (unpaired) electrons. The Kier molecular flexibility index (Phi) is 4.75. The van der Waals surface area contributed by atoms with Gasteiger partial charge in [0, 0.05) is 29.1 Å². The van der Waals surface area contributed by atoms with E-state index < -0.39 is 17.3 Å². The molecule has 4 rings (SSSR count). The number of carbonyl (C=O) groups is 1. The first-order valence-electron chi connectivity index (χ1n) is 8.55. The number of pyridine rings is 1. The molecule has 142 valence electrons. The Morgan fingerprint density at radius 1 is 1.43 bits per heavy atom. The number of benzene rings is 1. The molecule has 2 atom stereocenters. The summed E-state index contributed by atoms with van der Waals surface area (Å²) in [4.78, 5) is 20.9. The van der Waals surface area contributed by atoms with E-state index in [0.717, 1.165) is 0 Å². The molecule has 3 N–H and O–H groups in total. The van der Waals surface area contributed by atoms with Gasteiger partial charge in [0.15, 0.2) is 5.17 Å². The van der Waals surface area contributed by atoms with Crippen LogP contribution in [-0.4, -0.2) is 35.0 Å². The summed E-state index contributed by atoms with van der Waals surface area (Å²) in [5.74, 6) is -0.180. The van der Waals surface area contributed by atoms with Crippen LogP contribution in [0.25, 0.3) is 0 Å². The first-order chi connectivity index (χ1) is 13.5. The highest BCUT2D eigenvalue weighted by atomic mass is 32.2. The molecule has 1 fully saturated rings. The molecule has 0 spiro atoms. The van der Waals surface area contributed by atoms with Crippen molar-refractivity contribution in [2.75, 3.05) is 24.3 Å². The molecule has 0 aliphatic carbocycles. The Labute approximate surface area is 164 Å².